The van der Waals surface area contributed by atoms with E-state index in [1.165, 1.54) is 10.5 Å². The number of aromatic nitrogens is 2. The smallest absolute Gasteiger partial charge is 0.122 e. The third-order valence-corrected chi connectivity index (χ3v) is 4.50. The zero-order valence-electron chi connectivity index (χ0n) is 9.25. The first-order valence-electron chi connectivity index (χ1n) is 5.26. The van der Waals surface area contributed by atoms with Crippen LogP contribution >= 0.6 is 23.1 Å². The van der Waals surface area contributed by atoms with Crippen LogP contribution in [0.25, 0.3) is 10.2 Å². The minimum Gasteiger partial charge on any atom is -0.235 e. The number of nitrogens with zero attached hydrogens (tertiary/aromatic N) is 2. The summed E-state index contributed by atoms with van der Waals surface area (Å²) in [5.74, 6) is 0. The highest BCUT2D eigenvalue weighted by Gasteiger charge is 2.06. The topological polar surface area (TPSA) is 25.8 Å². The summed E-state index contributed by atoms with van der Waals surface area (Å²) >= 11 is 3.38. The molecule has 0 atom stereocenters. The Morgan fingerprint density at radius 3 is 2.71 bits per heavy atom. The first-order chi connectivity index (χ1) is 8.33. The van der Waals surface area contributed by atoms with Crippen molar-refractivity contribution < 1.29 is 0 Å². The molecular weight excluding hydrogens is 248 g/mol. The van der Waals surface area contributed by atoms with Gasteiger partial charge in [-0.1, -0.05) is 29.5 Å². The Kier molecular flexibility index (Phi) is 2.82. The molecule has 0 fully saturated rings. The fraction of sp³-hybridized carbons (Fsp3) is 0.0769. The van der Waals surface area contributed by atoms with Crippen LogP contribution in [-0.4, -0.2) is 9.97 Å². The summed E-state index contributed by atoms with van der Waals surface area (Å²) in [6.07, 6.45) is 1.63. The standard InChI is InChI=1S/C13H10N2S2/c1-9-2-4-10(5-3-9)17-13-12-11(6-7-16-12)14-8-15-13/h2-8H,1H3. The first kappa shape index (κ1) is 10.7. The quantitative estimate of drug-likeness (QED) is 0.646. The van der Waals surface area contributed by atoms with E-state index < -0.39 is 0 Å². The van der Waals surface area contributed by atoms with Gasteiger partial charge in [0.15, 0.2) is 0 Å². The van der Waals surface area contributed by atoms with Gasteiger partial charge in [-0.2, -0.15) is 0 Å². The highest BCUT2D eigenvalue weighted by molar-refractivity contribution is 7.99. The molecule has 0 aliphatic heterocycles. The molecule has 3 rings (SSSR count). The molecule has 0 N–H and O–H groups in total. The molecule has 2 nitrogen and oxygen atoms in total. The number of thiophene rings is 1. The third-order valence-electron chi connectivity index (χ3n) is 2.45. The summed E-state index contributed by atoms with van der Waals surface area (Å²) in [6, 6.07) is 10.5. The predicted molar refractivity (Wildman–Crippen MR) is 72.7 cm³/mol. The van der Waals surface area contributed by atoms with Gasteiger partial charge in [0.05, 0.1) is 10.2 Å². The average molecular weight is 258 g/mol. The van der Waals surface area contributed by atoms with Gasteiger partial charge in [0.25, 0.3) is 0 Å². The molecule has 17 heavy (non-hydrogen) atoms. The number of benzene rings is 1. The molecule has 1 aromatic carbocycles. The molecule has 0 aliphatic rings. The monoisotopic (exact) mass is 258 g/mol. The van der Waals surface area contributed by atoms with Crippen molar-refractivity contribution in [2.24, 2.45) is 0 Å². The normalized spacial score (nSPS) is 10.9. The zero-order chi connectivity index (χ0) is 11.7. The number of hydrogen-bond acceptors (Lipinski definition) is 4. The summed E-state index contributed by atoms with van der Waals surface area (Å²) in [6.45, 7) is 2.09. The van der Waals surface area contributed by atoms with Crippen molar-refractivity contribution in [2.45, 2.75) is 16.8 Å². The van der Waals surface area contributed by atoms with E-state index in [0.29, 0.717) is 0 Å². The molecule has 0 saturated carbocycles. The summed E-state index contributed by atoms with van der Waals surface area (Å²) < 4.78 is 1.16. The molecule has 0 radical (unpaired) electrons. The second kappa shape index (κ2) is 4.47. The summed E-state index contributed by atoms with van der Waals surface area (Å²) in [5.41, 5.74) is 2.30. The number of fused-ring (bicyclic) bond motifs is 1. The highest BCUT2D eigenvalue weighted by Crippen LogP contribution is 2.33. The van der Waals surface area contributed by atoms with Gasteiger partial charge in [-0.05, 0) is 30.5 Å². The zero-order valence-corrected chi connectivity index (χ0v) is 10.9. The largest absolute Gasteiger partial charge is 0.235 e. The Hall–Kier alpha value is -1.39. The van der Waals surface area contributed by atoms with E-state index in [9.17, 15) is 0 Å². The summed E-state index contributed by atoms with van der Waals surface area (Å²) in [7, 11) is 0. The van der Waals surface area contributed by atoms with Crippen molar-refractivity contribution in [3.63, 3.8) is 0 Å². The van der Waals surface area contributed by atoms with Gasteiger partial charge in [-0.25, -0.2) is 9.97 Å². The molecule has 0 spiro atoms. The Bertz CT molecular complexity index is 644. The van der Waals surface area contributed by atoms with Gasteiger partial charge in [-0.3, -0.25) is 0 Å². The van der Waals surface area contributed by atoms with Crippen molar-refractivity contribution in [3.8, 4) is 0 Å². The molecule has 0 amide bonds. The van der Waals surface area contributed by atoms with Gasteiger partial charge in [-0.15, -0.1) is 11.3 Å². The predicted octanol–water partition coefficient (Wildman–Crippen LogP) is 4.15. The van der Waals surface area contributed by atoms with Gasteiger partial charge < -0.3 is 0 Å². The van der Waals surface area contributed by atoms with Crippen LogP contribution in [0.1, 0.15) is 5.56 Å². The maximum absolute atomic E-state index is 4.36. The molecule has 84 valence electrons. The molecule has 3 aromatic rings. The second-order valence-corrected chi connectivity index (χ2v) is 5.71. The third kappa shape index (κ3) is 2.18. The van der Waals surface area contributed by atoms with Crippen LogP contribution < -0.4 is 0 Å². The van der Waals surface area contributed by atoms with Crippen LogP contribution in [0.3, 0.4) is 0 Å². The summed E-state index contributed by atoms with van der Waals surface area (Å²) in [4.78, 5) is 9.81. The van der Waals surface area contributed by atoms with E-state index in [-0.39, 0.29) is 0 Å². The lowest BCUT2D eigenvalue weighted by Gasteiger charge is -2.02. The Labute approximate surface area is 108 Å². The summed E-state index contributed by atoms with van der Waals surface area (Å²) in [5, 5.41) is 3.09. The molecule has 2 aromatic heterocycles. The number of rotatable bonds is 2. The fourth-order valence-electron chi connectivity index (χ4n) is 1.56. The number of aryl methyl sites for hydroxylation is 1. The molecule has 0 saturated heterocycles. The Morgan fingerprint density at radius 1 is 1.06 bits per heavy atom. The first-order valence-corrected chi connectivity index (χ1v) is 6.95. The lowest BCUT2D eigenvalue weighted by atomic mass is 10.2. The van der Waals surface area contributed by atoms with Crippen LogP contribution in [0.2, 0.25) is 0 Å². The van der Waals surface area contributed by atoms with Gasteiger partial charge in [0, 0.05) is 4.90 Å². The van der Waals surface area contributed by atoms with E-state index in [1.807, 2.05) is 6.07 Å². The van der Waals surface area contributed by atoms with Gasteiger partial charge >= 0.3 is 0 Å². The van der Waals surface area contributed by atoms with E-state index in [2.05, 4.69) is 46.5 Å². The van der Waals surface area contributed by atoms with Crippen LogP contribution in [0.15, 0.2) is 52.0 Å². The van der Waals surface area contributed by atoms with Crippen LogP contribution in [0, 0.1) is 6.92 Å². The van der Waals surface area contributed by atoms with Gasteiger partial charge in [0.2, 0.25) is 0 Å². The minimum absolute atomic E-state index is 1.03. The van der Waals surface area contributed by atoms with Crippen molar-refractivity contribution in [1.82, 2.24) is 9.97 Å². The average Bonchev–Trinajstić information content (AvgIpc) is 2.81. The maximum atomic E-state index is 4.36. The van der Waals surface area contributed by atoms with Crippen LogP contribution in [0.4, 0.5) is 0 Å². The van der Waals surface area contributed by atoms with Gasteiger partial charge in [0.1, 0.15) is 11.4 Å². The van der Waals surface area contributed by atoms with E-state index >= 15 is 0 Å². The van der Waals surface area contributed by atoms with E-state index in [0.717, 1.165) is 15.2 Å². The Balaban J connectivity index is 1.99. The number of hydrogen-bond donors (Lipinski definition) is 0. The fourth-order valence-corrected chi connectivity index (χ4v) is 3.35. The second-order valence-electron chi connectivity index (χ2n) is 3.73. The van der Waals surface area contributed by atoms with Crippen LogP contribution in [0.5, 0.6) is 0 Å². The van der Waals surface area contributed by atoms with Crippen molar-refractivity contribution in [1.29, 1.82) is 0 Å². The van der Waals surface area contributed by atoms with Crippen LogP contribution in [-0.2, 0) is 0 Å². The molecular formula is C13H10N2S2. The molecule has 4 heteroatoms. The molecule has 0 unspecified atom stereocenters. The molecule has 0 aliphatic carbocycles. The Morgan fingerprint density at radius 2 is 1.88 bits per heavy atom. The minimum atomic E-state index is 1.03. The lowest BCUT2D eigenvalue weighted by molar-refractivity contribution is 1.11. The highest BCUT2D eigenvalue weighted by atomic mass is 32.2. The SMILES string of the molecule is Cc1ccc(Sc2ncnc3ccsc23)cc1. The molecule has 0 bridgehead atoms. The van der Waals surface area contributed by atoms with Crippen molar-refractivity contribution in [3.05, 3.63) is 47.6 Å². The lowest BCUT2D eigenvalue weighted by Crippen LogP contribution is -1.82. The van der Waals surface area contributed by atoms with E-state index in [1.54, 1.807) is 29.4 Å². The van der Waals surface area contributed by atoms with Crippen molar-refractivity contribution in [2.75, 3.05) is 0 Å². The van der Waals surface area contributed by atoms with E-state index in [4.69, 9.17) is 0 Å². The maximum Gasteiger partial charge on any atom is 0.122 e. The van der Waals surface area contributed by atoms with Crippen molar-refractivity contribution >= 4 is 33.3 Å². The molecule has 2 heterocycles.